The Morgan fingerprint density at radius 1 is 1.21 bits per heavy atom. The van der Waals surface area contributed by atoms with Crippen LogP contribution in [0.25, 0.3) is 0 Å². The number of aliphatic imine (C=N–C) groups is 1. The first-order chi connectivity index (χ1) is 18.4. The smallest absolute Gasteiger partial charge is 0.228 e. The number of carbonyl (C=O) groups excluding carboxylic acids is 1. The van der Waals surface area contributed by atoms with E-state index < -0.39 is 24.3 Å². The molecule has 6 N–H and O–H groups in total. The summed E-state index contributed by atoms with van der Waals surface area (Å²) in [5, 5.41) is 6.80. The Balaban J connectivity index is 1.44. The minimum absolute atomic E-state index is 0.0307. The molecule has 4 heterocycles. The van der Waals surface area contributed by atoms with Crippen LogP contribution in [0.1, 0.15) is 65.2 Å². The molecule has 7 unspecified atom stereocenters. The number of hydrogen-bond donors (Lipinski definition) is 4. The fourth-order valence-electron chi connectivity index (χ4n) is 7.35. The Bertz CT molecular complexity index is 772. The lowest BCUT2D eigenvalue weighted by atomic mass is 9.69. The maximum atomic E-state index is 14.6. The second-order valence-corrected chi connectivity index (χ2v) is 12.1. The molecule has 4 aliphatic heterocycles. The molecule has 0 spiro atoms. The van der Waals surface area contributed by atoms with Crippen LogP contribution in [0.4, 0.5) is 4.39 Å². The number of halogens is 1. The number of piperidine rings is 1. The zero-order chi connectivity index (χ0) is 27.1. The van der Waals surface area contributed by atoms with Crippen LogP contribution in [0.2, 0.25) is 0 Å². The van der Waals surface area contributed by atoms with Gasteiger partial charge in [-0.2, -0.15) is 0 Å². The summed E-state index contributed by atoms with van der Waals surface area (Å²) < 4.78 is 20.2. The molecule has 0 saturated carbocycles. The van der Waals surface area contributed by atoms with E-state index in [-0.39, 0.29) is 23.4 Å². The van der Waals surface area contributed by atoms with Crippen LogP contribution < -0.4 is 22.1 Å². The topological polar surface area (TPSA) is 121 Å². The van der Waals surface area contributed by atoms with Crippen LogP contribution in [-0.4, -0.2) is 111 Å². The monoisotopic (exact) mass is 537 g/mol. The van der Waals surface area contributed by atoms with Crippen LogP contribution in [0.5, 0.6) is 0 Å². The summed E-state index contributed by atoms with van der Waals surface area (Å²) in [7, 11) is 0. The lowest BCUT2D eigenvalue weighted by Gasteiger charge is -2.46. The molecule has 0 aromatic carbocycles. The molecule has 10 heteroatoms. The van der Waals surface area contributed by atoms with E-state index in [1.165, 1.54) is 6.21 Å². The van der Waals surface area contributed by atoms with Crippen molar-refractivity contribution in [3.8, 4) is 0 Å². The van der Waals surface area contributed by atoms with Gasteiger partial charge in [-0.05, 0) is 50.5 Å². The molecular formula is C28H52FN7O2. The van der Waals surface area contributed by atoms with Gasteiger partial charge >= 0.3 is 0 Å². The van der Waals surface area contributed by atoms with Gasteiger partial charge in [-0.25, -0.2) is 4.39 Å². The zero-order valence-electron chi connectivity index (χ0n) is 23.6. The summed E-state index contributed by atoms with van der Waals surface area (Å²) in [4.78, 5) is 23.6. The van der Waals surface area contributed by atoms with Crippen molar-refractivity contribution in [1.29, 1.82) is 0 Å². The molecule has 0 aromatic rings. The van der Waals surface area contributed by atoms with Crippen molar-refractivity contribution in [2.24, 2.45) is 27.8 Å². The summed E-state index contributed by atoms with van der Waals surface area (Å²) in [6.45, 7) is 11.8. The molecule has 4 aliphatic rings. The highest BCUT2D eigenvalue weighted by Crippen LogP contribution is 2.42. The van der Waals surface area contributed by atoms with Crippen LogP contribution in [0.15, 0.2) is 4.99 Å². The summed E-state index contributed by atoms with van der Waals surface area (Å²) >= 11 is 0. The summed E-state index contributed by atoms with van der Waals surface area (Å²) in [5.74, 6) is -0.846. The maximum absolute atomic E-state index is 14.6. The highest BCUT2D eigenvalue weighted by atomic mass is 19.1. The largest absolute Gasteiger partial charge is 0.380 e. The molecular weight excluding hydrogens is 485 g/mol. The van der Waals surface area contributed by atoms with Crippen LogP contribution in [0, 0.1) is 11.3 Å². The quantitative estimate of drug-likeness (QED) is 0.327. The minimum Gasteiger partial charge on any atom is -0.380 e. The highest BCUT2D eigenvalue weighted by molar-refractivity contribution is 5.81. The molecule has 1 amide bonds. The number of ether oxygens (including phenoxy) is 1. The van der Waals surface area contributed by atoms with E-state index in [9.17, 15) is 9.18 Å². The standard InChI is InChI=1S/C28H52FN7O2/c1-3-8-28(4-2)9-5-20(29)17-33-22(16-28)25(26(30)31)27(37)34-23-18-32-10-6-24(23)36-13-11-35(12-14-36)21-7-15-38-19-21/h17,20-26,32H,3-16,18-19,30-31H2,1-2H3,(H,34,37). The van der Waals surface area contributed by atoms with Crippen LogP contribution >= 0.6 is 0 Å². The number of piperazine rings is 1. The number of nitrogens with one attached hydrogen (secondary N) is 2. The number of nitrogens with two attached hydrogens (primary N) is 2. The fraction of sp³-hybridized carbons (Fsp3) is 0.929. The van der Waals surface area contributed by atoms with E-state index in [2.05, 4.69) is 39.3 Å². The third-order valence-corrected chi connectivity index (χ3v) is 9.71. The summed E-state index contributed by atoms with van der Waals surface area (Å²) in [5.41, 5.74) is 12.5. The van der Waals surface area contributed by atoms with Crippen molar-refractivity contribution < 1.29 is 13.9 Å². The van der Waals surface area contributed by atoms with Crippen molar-refractivity contribution >= 4 is 12.1 Å². The first kappa shape index (κ1) is 29.8. The predicted octanol–water partition coefficient (Wildman–Crippen LogP) is 1.26. The molecule has 3 fully saturated rings. The average Bonchev–Trinajstić information content (AvgIpc) is 3.45. The number of amides is 1. The van der Waals surface area contributed by atoms with Gasteiger partial charge in [-0.3, -0.25) is 19.6 Å². The number of carbonyl (C=O) groups is 1. The second-order valence-electron chi connectivity index (χ2n) is 12.1. The number of rotatable bonds is 9. The summed E-state index contributed by atoms with van der Waals surface area (Å²) in [6.07, 6.45) is 6.46. The molecule has 0 bridgehead atoms. The van der Waals surface area contributed by atoms with Crippen LogP contribution in [0.3, 0.4) is 0 Å². The van der Waals surface area contributed by atoms with E-state index in [0.29, 0.717) is 18.9 Å². The molecule has 0 aromatic heterocycles. The van der Waals surface area contributed by atoms with Gasteiger partial charge in [0.25, 0.3) is 0 Å². The lowest BCUT2D eigenvalue weighted by Crippen LogP contribution is -2.65. The Morgan fingerprint density at radius 2 is 1.97 bits per heavy atom. The molecule has 0 radical (unpaired) electrons. The normalized spacial score (nSPS) is 36.6. The van der Waals surface area contributed by atoms with Crippen molar-refractivity contribution in [2.75, 3.05) is 52.5 Å². The molecule has 3 saturated heterocycles. The predicted molar refractivity (Wildman–Crippen MR) is 150 cm³/mol. The van der Waals surface area contributed by atoms with Crippen molar-refractivity contribution in [3.63, 3.8) is 0 Å². The lowest BCUT2D eigenvalue weighted by molar-refractivity contribution is -0.128. The Labute approximate surface area is 228 Å². The first-order valence-electron chi connectivity index (χ1n) is 15.1. The van der Waals surface area contributed by atoms with Gasteiger partial charge in [-0.15, -0.1) is 0 Å². The van der Waals surface area contributed by atoms with E-state index in [4.69, 9.17) is 16.2 Å². The Hall–Kier alpha value is -1.17. The van der Waals surface area contributed by atoms with Crippen molar-refractivity contribution in [1.82, 2.24) is 20.4 Å². The van der Waals surface area contributed by atoms with Crippen LogP contribution in [-0.2, 0) is 9.53 Å². The third kappa shape index (κ3) is 7.31. The molecule has 38 heavy (non-hydrogen) atoms. The fourth-order valence-corrected chi connectivity index (χ4v) is 7.35. The molecule has 4 rings (SSSR count). The highest BCUT2D eigenvalue weighted by Gasteiger charge is 2.42. The van der Waals surface area contributed by atoms with E-state index >= 15 is 0 Å². The third-order valence-electron chi connectivity index (χ3n) is 9.71. The minimum atomic E-state index is -1.10. The van der Waals surface area contributed by atoms with Gasteiger partial charge in [0.2, 0.25) is 5.91 Å². The van der Waals surface area contributed by atoms with Gasteiger partial charge in [-0.1, -0.05) is 26.7 Å². The van der Waals surface area contributed by atoms with Gasteiger partial charge in [0.1, 0.15) is 6.17 Å². The van der Waals surface area contributed by atoms with Crippen molar-refractivity contribution in [2.45, 2.75) is 102 Å². The Kier molecular flexibility index (Phi) is 10.9. The van der Waals surface area contributed by atoms with Gasteiger partial charge < -0.3 is 26.8 Å². The Morgan fingerprint density at radius 3 is 2.63 bits per heavy atom. The number of hydrogen-bond acceptors (Lipinski definition) is 8. The van der Waals surface area contributed by atoms with E-state index in [0.717, 1.165) is 91.0 Å². The second kappa shape index (κ2) is 13.9. The maximum Gasteiger partial charge on any atom is 0.228 e. The van der Waals surface area contributed by atoms with E-state index in [1.807, 2.05) is 0 Å². The molecule has 218 valence electrons. The first-order valence-corrected chi connectivity index (χ1v) is 15.1. The van der Waals surface area contributed by atoms with Gasteiger partial charge in [0.15, 0.2) is 0 Å². The molecule has 7 atom stereocenters. The summed E-state index contributed by atoms with van der Waals surface area (Å²) in [6, 6.07) is 0.357. The number of nitrogens with zero attached hydrogens (tertiary/aromatic N) is 3. The zero-order valence-corrected chi connectivity index (χ0v) is 23.6. The van der Waals surface area contributed by atoms with E-state index in [1.54, 1.807) is 0 Å². The van der Waals surface area contributed by atoms with Gasteiger partial charge in [0.05, 0.1) is 30.8 Å². The number of alkyl halides is 1. The van der Waals surface area contributed by atoms with Crippen molar-refractivity contribution in [3.05, 3.63) is 0 Å². The average molecular weight is 538 g/mol. The molecule has 0 aliphatic carbocycles. The van der Waals surface area contributed by atoms with Gasteiger partial charge in [0, 0.05) is 57.6 Å². The molecule has 9 nitrogen and oxygen atoms in total. The SMILES string of the molecule is CCCC1(CC)CCC(F)C=NC(C(C(=O)NC2CNCCC2N2CCN(C3CCOC3)CC2)C(N)N)C1.